The Kier molecular flexibility index (Phi) is 6.28. The number of nitrogens with zero attached hydrogens (tertiary/aromatic N) is 5. The first-order valence-corrected chi connectivity index (χ1v) is 12.4. The van der Waals surface area contributed by atoms with Crippen molar-refractivity contribution in [1.82, 2.24) is 15.1 Å². The molecule has 2 fully saturated rings. The van der Waals surface area contributed by atoms with Crippen molar-refractivity contribution in [3.8, 4) is 10.6 Å². The van der Waals surface area contributed by atoms with Crippen LogP contribution < -0.4 is 9.80 Å². The van der Waals surface area contributed by atoms with Crippen LogP contribution in [0.1, 0.15) is 12.8 Å². The largest absolute Gasteiger partial charge is 0.367 e. The molecule has 6 nitrogen and oxygen atoms in total. The molecule has 0 N–H and O–H groups in total. The molecule has 0 saturated carbocycles. The van der Waals surface area contributed by atoms with E-state index in [9.17, 15) is 4.79 Å². The number of carbonyl (C=O) groups is 1. The third kappa shape index (κ3) is 4.45. The number of piperazine rings is 1. The number of aromatic nitrogens is 2. The Labute approximate surface area is 197 Å². The molecular weight excluding hydrogens is 442 g/mol. The van der Waals surface area contributed by atoms with E-state index in [1.807, 2.05) is 52.7 Å². The van der Waals surface area contributed by atoms with Gasteiger partial charge in [0.1, 0.15) is 5.69 Å². The molecule has 1 amide bonds. The van der Waals surface area contributed by atoms with Gasteiger partial charge in [-0.1, -0.05) is 29.8 Å². The maximum absolute atomic E-state index is 13.3. The first-order chi connectivity index (χ1) is 15.7. The van der Waals surface area contributed by atoms with Gasteiger partial charge in [-0.05, 0) is 48.6 Å². The summed E-state index contributed by atoms with van der Waals surface area (Å²) in [5.74, 6) is 1.12. The second kappa shape index (κ2) is 9.46. The van der Waals surface area contributed by atoms with Gasteiger partial charge in [0, 0.05) is 39.3 Å². The first-order valence-electron chi connectivity index (χ1n) is 11.1. The van der Waals surface area contributed by atoms with Crippen molar-refractivity contribution in [2.75, 3.05) is 49.1 Å². The van der Waals surface area contributed by atoms with Gasteiger partial charge in [0.15, 0.2) is 5.82 Å². The molecule has 0 aliphatic carbocycles. The zero-order valence-electron chi connectivity index (χ0n) is 17.9. The molecule has 0 bridgehead atoms. The Bertz CT molecular complexity index is 1050. The van der Waals surface area contributed by atoms with E-state index < -0.39 is 0 Å². The fourth-order valence-electron chi connectivity index (χ4n) is 4.57. The molecule has 0 radical (unpaired) electrons. The third-order valence-corrected chi connectivity index (χ3v) is 7.52. The van der Waals surface area contributed by atoms with Crippen molar-refractivity contribution in [2.24, 2.45) is 5.92 Å². The Morgan fingerprint density at radius 3 is 2.50 bits per heavy atom. The number of para-hydroxylation sites is 1. The Balaban J connectivity index is 1.19. The Hall–Kier alpha value is -2.64. The number of rotatable bonds is 4. The van der Waals surface area contributed by atoms with E-state index in [-0.39, 0.29) is 11.8 Å². The molecule has 3 aromatic rings. The lowest BCUT2D eigenvalue weighted by atomic mass is 9.96. The molecule has 32 heavy (non-hydrogen) atoms. The average molecular weight is 468 g/mol. The highest BCUT2D eigenvalue weighted by molar-refractivity contribution is 7.13. The number of amides is 1. The van der Waals surface area contributed by atoms with Crippen LogP contribution in [0.4, 0.5) is 11.5 Å². The van der Waals surface area contributed by atoms with E-state index in [1.165, 1.54) is 0 Å². The molecule has 8 heteroatoms. The molecule has 5 rings (SSSR count). The predicted octanol–water partition coefficient (Wildman–Crippen LogP) is 4.42. The highest BCUT2D eigenvalue weighted by Crippen LogP contribution is 2.28. The van der Waals surface area contributed by atoms with Crippen molar-refractivity contribution in [3.63, 3.8) is 0 Å². The van der Waals surface area contributed by atoms with Crippen LogP contribution in [0.2, 0.25) is 5.02 Å². The average Bonchev–Trinajstić information content (AvgIpc) is 3.39. The van der Waals surface area contributed by atoms with E-state index in [2.05, 4.69) is 26.1 Å². The maximum Gasteiger partial charge on any atom is 0.227 e. The monoisotopic (exact) mass is 467 g/mol. The lowest BCUT2D eigenvalue weighted by molar-refractivity contribution is -0.136. The zero-order chi connectivity index (χ0) is 21.9. The number of halogens is 1. The molecular formula is C24H26ClN5OS. The lowest BCUT2D eigenvalue weighted by Crippen LogP contribution is -2.52. The van der Waals surface area contributed by atoms with E-state index in [0.29, 0.717) is 6.54 Å². The third-order valence-electron chi connectivity index (χ3n) is 6.30. The molecule has 1 unspecified atom stereocenters. The van der Waals surface area contributed by atoms with Gasteiger partial charge in [0.05, 0.1) is 21.5 Å². The smallest absolute Gasteiger partial charge is 0.227 e. The van der Waals surface area contributed by atoms with Gasteiger partial charge in [0.25, 0.3) is 0 Å². The predicted molar refractivity (Wildman–Crippen MR) is 131 cm³/mol. The van der Waals surface area contributed by atoms with E-state index in [4.69, 9.17) is 11.6 Å². The quantitative estimate of drug-likeness (QED) is 0.568. The topological polar surface area (TPSA) is 52.6 Å². The minimum atomic E-state index is 0.00869. The number of benzene rings is 1. The van der Waals surface area contributed by atoms with Crippen LogP contribution in [-0.2, 0) is 4.79 Å². The van der Waals surface area contributed by atoms with E-state index in [1.54, 1.807) is 11.3 Å². The molecule has 2 aromatic heterocycles. The van der Waals surface area contributed by atoms with Gasteiger partial charge in [-0.2, -0.15) is 0 Å². The van der Waals surface area contributed by atoms with Crippen molar-refractivity contribution in [2.45, 2.75) is 12.8 Å². The number of piperidine rings is 1. The van der Waals surface area contributed by atoms with Crippen LogP contribution in [0.3, 0.4) is 0 Å². The summed E-state index contributed by atoms with van der Waals surface area (Å²) >= 11 is 8.01. The minimum absolute atomic E-state index is 0.00869. The number of hydrogen-bond donors (Lipinski definition) is 0. The molecule has 2 aliphatic heterocycles. The summed E-state index contributed by atoms with van der Waals surface area (Å²) in [5, 5.41) is 11.7. The molecule has 0 spiro atoms. The molecule has 1 aromatic carbocycles. The molecule has 2 aliphatic rings. The van der Waals surface area contributed by atoms with Gasteiger partial charge in [-0.25, -0.2) is 0 Å². The first kappa shape index (κ1) is 21.2. The fourth-order valence-corrected chi connectivity index (χ4v) is 5.52. The summed E-state index contributed by atoms with van der Waals surface area (Å²) in [6.45, 7) is 4.70. The van der Waals surface area contributed by atoms with Gasteiger partial charge in [-0.15, -0.1) is 21.5 Å². The number of carbonyl (C=O) groups excluding carboxylic acids is 1. The summed E-state index contributed by atoms with van der Waals surface area (Å²) < 4.78 is 0. The summed E-state index contributed by atoms with van der Waals surface area (Å²) in [7, 11) is 0. The standard InChI is InChI=1S/C24H26ClN5OS/c25-19-6-1-2-7-21(19)28-12-14-29(15-13-28)24(31)18-5-3-11-30(17-18)23-10-9-20(26-27-23)22-8-4-16-32-22/h1-2,4,6-10,16,18H,3,5,11-15,17H2. The number of hydrogen-bond acceptors (Lipinski definition) is 6. The van der Waals surface area contributed by atoms with Crippen LogP contribution >= 0.6 is 22.9 Å². The molecule has 4 heterocycles. The normalized spacial score (nSPS) is 19.3. The van der Waals surface area contributed by atoms with Crippen molar-refractivity contribution in [1.29, 1.82) is 0 Å². The maximum atomic E-state index is 13.3. The second-order valence-electron chi connectivity index (χ2n) is 8.30. The highest BCUT2D eigenvalue weighted by atomic mass is 35.5. The fraction of sp³-hybridized carbons (Fsp3) is 0.375. The van der Waals surface area contributed by atoms with Gasteiger partial charge in [-0.3, -0.25) is 4.79 Å². The van der Waals surface area contributed by atoms with Crippen LogP contribution in [0.5, 0.6) is 0 Å². The van der Waals surface area contributed by atoms with Crippen LogP contribution in [0, 0.1) is 5.92 Å². The van der Waals surface area contributed by atoms with Crippen LogP contribution in [0.25, 0.3) is 10.6 Å². The van der Waals surface area contributed by atoms with Gasteiger partial charge >= 0.3 is 0 Å². The van der Waals surface area contributed by atoms with Crippen molar-refractivity contribution < 1.29 is 4.79 Å². The van der Waals surface area contributed by atoms with Crippen LogP contribution in [-0.4, -0.2) is 60.3 Å². The molecule has 166 valence electrons. The summed E-state index contributed by atoms with van der Waals surface area (Å²) in [6.07, 6.45) is 1.92. The molecule has 2 saturated heterocycles. The zero-order valence-corrected chi connectivity index (χ0v) is 19.4. The van der Waals surface area contributed by atoms with Crippen molar-refractivity contribution >= 4 is 40.4 Å². The van der Waals surface area contributed by atoms with Gasteiger partial charge < -0.3 is 14.7 Å². The number of thiophene rings is 1. The summed E-state index contributed by atoms with van der Waals surface area (Å²) in [5.41, 5.74) is 1.94. The lowest BCUT2D eigenvalue weighted by Gasteiger charge is -2.40. The van der Waals surface area contributed by atoms with Crippen LogP contribution in [0.15, 0.2) is 53.9 Å². The number of anilines is 2. The van der Waals surface area contributed by atoms with Gasteiger partial charge in [0.2, 0.25) is 5.91 Å². The van der Waals surface area contributed by atoms with E-state index >= 15 is 0 Å². The van der Waals surface area contributed by atoms with Crippen molar-refractivity contribution in [3.05, 3.63) is 58.9 Å². The molecule has 1 atom stereocenters. The Morgan fingerprint density at radius 2 is 1.78 bits per heavy atom. The summed E-state index contributed by atoms with van der Waals surface area (Å²) in [6, 6.07) is 16.0. The minimum Gasteiger partial charge on any atom is -0.367 e. The highest BCUT2D eigenvalue weighted by Gasteiger charge is 2.32. The second-order valence-corrected chi connectivity index (χ2v) is 9.66. The Morgan fingerprint density at radius 1 is 0.938 bits per heavy atom. The van der Waals surface area contributed by atoms with E-state index in [0.717, 1.165) is 72.7 Å². The SMILES string of the molecule is O=C(C1CCCN(c2ccc(-c3cccs3)nn2)C1)N1CCN(c2ccccc2Cl)CC1. The summed E-state index contributed by atoms with van der Waals surface area (Å²) in [4.78, 5) is 20.9.